The number of nitrogens with zero attached hydrogens (tertiary/aromatic N) is 1. The number of aliphatic imine (C=N–C) groups is 1. The van der Waals surface area contributed by atoms with Crippen LogP contribution in [-0.4, -0.2) is 16.7 Å². The average Bonchev–Trinajstić information content (AvgIpc) is 2.56. The Morgan fingerprint density at radius 1 is 1.67 bits per heavy atom. The van der Waals surface area contributed by atoms with E-state index in [9.17, 15) is 0 Å². The molecule has 1 unspecified atom stereocenters. The van der Waals surface area contributed by atoms with E-state index in [-0.39, 0.29) is 0 Å². The summed E-state index contributed by atoms with van der Waals surface area (Å²) in [6.45, 7) is 6.32. The van der Waals surface area contributed by atoms with Gasteiger partial charge in [0.05, 0.1) is 11.4 Å². The molecule has 0 aliphatic heterocycles. The molecule has 12 heavy (non-hydrogen) atoms. The van der Waals surface area contributed by atoms with E-state index in [2.05, 4.69) is 23.8 Å². The SMILES string of the molecule is CCC(C)N=C(C)c1ccc[nH]1. The molecule has 0 saturated heterocycles. The predicted octanol–water partition coefficient (Wildman–Crippen LogP) is 2.62. The first kappa shape index (κ1) is 9.04. The van der Waals surface area contributed by atoms with Gasteiger partial charge in [0.25, 0.3) is 0 Å². The van der Waals surface area contributed by atoms with Gasteiger partial charge >= 0.3 is 0 Å². The molecule has 0 saturated carbocycles. The van der Waals surface area contributed by atoms with Crippen LogP contribution in [0, 0.1) is 0 Å². The molecule has 1 N–H and O–H groups in total. The highest BCUT2D eigenvalue weighted by molar-refractivity contribution is 5.97. The van der Waals surface area contributed by atoms with E-state index in [1.54, 1.807) is 0 Å². The fourth-order valence-electron chi connectivity index (χ4n) is 1.05. The van der Waals surface area contributed by atoms with Crippen LogP contribution in [0.4, 0.5) is 0 Å². The molecule has 1 aromatic rings. The molecular formula is C10H16N2. The van der Waals surface area contributed by atoms with Crippen molar-refractivity contribution in [2.45, 2.75) is 33.2 Å². The summed E-state index contributed by atoms with van der Waals surface area (Å²) in [5.74, 6) is 0. The lowest BCUT2D eigenvalue weighted by Gasteiger charge is -2.03. The second-order valence-electron chi connectivity index (χ2n) is 3.06. The van der Waals surface area contributed by atoms with Crippen molar-refractivity contribution >= 4 is 5.71 Å². The van der Waals surface area contributed by atoms with Crippen LogP contribution < -0.4 is 0 Å². The summed E-state index contributed by atoms with van der Waals surface area (Å²) in [4.78, 5) is 7.66. The van der Waals surface area contributed by atoms with Gasteiger partial charge in [0.2, 0.25) is 0 Å². The Kier molecular flexibility index (Phi) is 3.09. The molecule has 2 nitrogen and oxygen atoms in total. The second-order valence-corrected chi connectivity index (χ2v) is 3.06. The van der Waals surface area contributed by atoms with Gasteiger partial charge in [0.15, 0.2) is 0 Å². The zero-order valence-corrected chi connectivity index (χ0v) is 7.96. The fraction of sp³-hybridized carbons (Fsp3) is 0.500. The molecule has 0 bridgehead atoms. The molecular weight excluding hydrogens is 148 g/mol. The number of hydrogen-bond acceptors (Lipinski definition) is 1. The first-order valence-corrected chi connectivity index (χ1v) is 4.42. The molecule has 0 aliphatic rings. The van der Waals surface area contributed by atoms with Crippen molar-refractivity contribution in [3.63, 3.8) is 0 Å². The monoisotopic (exact) mass is 164 g/mol. The van der Waals surface area contributed by atoms with Crippen molar-refractivity contribution in [2.75, 3.05) is 0 Å². The molecule has 1 heterocycles. The van der Waals surface area contributed by atoms with Gasteiger partial charge in [-0.2, -0.15) is 0 Å². The molecule has 2 heteroatoms. The Morgan fingerprint density at radius 2 is 2.42 bits per heavy atom. The highest BCUT2D eigenvalue weighted by Crippen LogP contribution is 2.02. The Labute approximate surface area is 73.7 Å². The minimum atomic E-state index is 0.424. The topological polar surface area (TPSA) is 28.1 Å². The molecule has 1 rings (SSSR count). The lowest BCUT2D eigenvalue weighted by molar-refractivity contribution is 0.716. The van der Waals surface area contributed by atoms with Crippen LogP contribution in [0.3, 0.4) is 0 Å². The maximum Gasteiger partial charge on any atom is 0.0591 e. The van der Waals surface area contributed by atoms with Crippen LogP contribution in [0.15, 0.2) is 23.3 Å². The van der Waals surface area contributed by atoms with Crippen molar-refractivity contribution in [3.8, 4) is 0 Å². The number of aromatic nitrogens is 1. The van der Waals surface area contributed by atoms with Gasteiger partial charge in [-0.1, -0.05) is 6.92 Å². The number of rotatable bonds is 3. The summed E-state index contributed by atoms with van der Waals surface area (Å²) < 4.78 is 0. The Balaban J connectivity index is 2.71. The summed E-state index contributed by atoms with van der Waals surface area (Å²) in [5, 5.41) is 0. The van der Waals surface area contributed by atoms with E-state index in [4.69, 9.17) is 0 Å². The lowest BCUT2D eigenvalue weighted by atomic mass is 10.2. The molecule has 1 aromatic heterocycles. The Morgan fingerprint density at radius 3 is 2.92 bits per heavy atom. The minimum Gasteiger partial charge on any atom is -0.360 e. The van der Waals surface area contributed by atoms with Gasteiger partial charge in [-0.05, 0) is 32.4 Å². The normalized spacial score (nSPS) is 14.8. The molecule has 66 valence electrons. The molecule has 1 atom stereocenters. The van der Waals surface area contributed by atoms with Gasteiger partial charge in [-0.3, -0.25) is 4.99 Å². The largest absolute Gasteiger partial charge is 0.360 e. The van der Waals surface area contributed by atoms with E-state index >= 15 is 0 Å². The second kappa shape index (κ2) is 4.10. The zero-order chi connectivity index (χ0) is 8.97. The maximum atomic E-state index is 4.52. The molecule has 0 aromatic carbocycles. The zero-order valence-electron chi connectivity index (χ0n) is 7.96. The predicted molar refractivity (Wildman–Crippen MR) is 52.8 cm³/mol. The highest BCUT2D eigenvalue weighted by atomic mass is 14.8. The smallest absolute Gasteiger partial charge is 0.0591 e. The number of aromatic amines is 1. The van der Waals surface area contributed by atoms with Gasteiger partial charge in [0, 0.05) is 12.2 Å². The van der Waals surface area contributed by atoms with Gasteiger partial charge in [-0.25, -0.2) is 0 Å². The van der Waals surface area contributed by atoms with Gasteiger partial charge in [0.1, 0.15) is 0 Å². The number of H-pyrrole nitrogens is 1. The first-order valence-electron chi connectivity index (χ1n) is 4.42. The third-order valence-electron chi connectivity index (χ3n) is 1.99. The summed E-state index contributed by atoms with van der Waals surface area (Å²) in [6, 6.07) is 4.46. The van der Waals surface area contributed by atoms with Crippen molar-refractivity contribution in [1.29, 1.82) is 0 Å². The van der Waals surface area contributed by atoms with Gasteiger partial charge < -0.3 is 4.98 Å². The van der Waals surface area contributed by atoms with Crippen LogP contribution in [-0.2, 0) is 0 Å². The van der Waals surface area contributed by atoms with Crippen molar-refractivity contribution < 1.29 is 0 Å². The van der Waals surface area contributed by atoms with Crippen LogP contribution in [0.2, 0.25) is 0 Å². The van der Waals surface area contributed by atoms with Crippen molar-refractivity contribution in [2.24, 2.45) is 4.99 Å². The van der Waals surface area contributed by atoms with Crippen LogP contribution in [0.25, 0.3) is 0 Å². The lowest BCUT2D eigenvalue weighted by Crippen LogP contribution is -2.02. The highest BCUT2D eigenvalue weighted by Gasteiger charge is 1.99. The van der Waals surface area contributed by atoms with Crippen molar-refractivity contribution in [1.82, 2.24) is 4.98 Å². The van der Waals surface area contributed by atoms with E-state index < -0.39 is 0 Å². The number of nitrogens with one attached hydrogen (secondary N) is 1. The molecule has 0 radical (unpaired) electrons. The van der Waals surface area contributed by atoms with Crippen LogP contribution in [0.5, 0.6) is 0 Å². The van der Waals surface area contributed by atoms with Crippen LogP contribution >= 0.6 is 0 Å². The Bertz CT molecular complexity index is 247. The van der Waals surface area contributed by atoms with Crippen molar-refractivity contribution in [3.05, 3.63) is 24.0 Å². The first-order chi connectivity index (χ1) is 5.74. The minimum absolute atomic E-state index is 0.424. The molecule has 0 fully saturated rings. The van der Waals surface area contributed by atoms with E-state index in [1.165, 1.54) is 0 Å². The van der Waals surface area contributed by atoms with E-state index in [0.29, 0.717) is 6.04 Å². The third-order valence-corrected chi connectivity index (χ3v) is 1.99. The van der Waals surface area contributed by atoms with E-state index in [0.717, 1.165) is 17.8 Å². The summed E-state index contributed by atoms with van der Waals surface area (Å²) >= 11 is 0. The molecule has 0 spiro atoms. The average molecular weight is 164 g/mol. The standard InChI is InChI=1S/C10H16N2/c1-4-8(2)12-9(3)10-6-5-7-11-10/h5-8,11H,4H2,1-3H3. The van der Waals surface area contributed by atoms with E-state index in [1.807, 2.05) is 25.3 Å². The summed E-state index contributed by atoms with van der Waals surface area (Å²) in [7, 11) is 0. The van der Waals surface area contributed by atoms with Gasteiger partial charge in [-0.15, -0.1) is 0 Å². The maximum absolute atomic E-state index is 4.52. The number of hydrogen-bond donors (Lipinski definition) is 1. The molecule has 0 aliphatic carbocycles. The fourth-order valence-corrected chi connectivity index (χ4v) is 1.05. The molecule has 0 amide bonds. The quantitative estimate of drug-likeness (QED) is 0.665. The third kappa shape index (κ3) is 2.22. The van der Waals surface area contributed by atoms with Crippen LogP contribution in [0.1, 0.15) is 32.9 Å². The summed E-state index contributed by atoms with van der Waals surface area (Å²) in [5.41, 5.74) is 2.21. The Hall–Kier alpha value is -1.05. The summed E-state index contributed by atoms with van der Waals surface area (Å²) in [6.07, 6.45) is 3.02.